The summed E-state index contributed by atoms with van der Waals surface area (Å²) in [5.74, 6) is 0.540. The largest absolute Gasteiger partial charge is 0.378 e. The normalized spacial score (nSPS) is 14.5. The maximum atomic E-state index is 12.0. The Morgan fingerprint density at radius 1 is 1.22 bits per heavy atom. The monoisotopic (exact) mass is 312 g/mol. The summed E-state index contributed by atoms with van der Waals surface area (Å²) in [6.45, 7) is 3.23. The first kappa shape index (κ1) is 15.4. The van der Waals surface area contributed by atoms with Crippen molar-refractivity contribution in [3.63, 3.8) is 0 Å². The van der Waals surface area contributed by atoms with E-state index in [1.807, 2.05) is 24.3 Å². The van der Waals surface area contributed by atoms with Crippen molar-refractivity contribution < 1.29 is 9.53 Å². The maximum Gasteiger partial charge on any atom is 0.225 e. The van der Waals surface area contributed by atoms with Gasteiger partial charge < -0.3 is 15.0 Å². The molecular formula is C17H20N4O2. The molecule has 23 heavy (non-hydrogen) atoms. The summed E-state index contributed by atoms with van der Waals surface area (Å²) in [6, 6.07) is 7.66. The van der Waals surface area contributed by atoms with Gasteiger partial charge >= 0.3 is 0 Å². The molecule has 1 aliphatic heterocycles. The number of nitrogens with zero attached hydrogens (tertiary/aromatic N) is 3. The second kappa shape index (κ2) is 7.69. The lowest BCUT2D eigenvalue weighted by atomic mass is 10.1. The molecule has 120 valence electrons. The minimum Gasteiger partial charge on any atom is -0.378 e. The van der Waals surface area contributed by atoms with Crippen LogP contribution >= 0.6 is 0 Å². The molecule has 0 aliphatic carbocycles. The Morgan fingerprint density at radius 2 is 2.09 bits per heavy atom. The van der Waals surface area contributed by atoms with Crippen LogP contribution in [-0.2, 0) is 16.0 Å². The number of carbonyl (C=O) groups is 1. The highest BCUT2D eigenvalue weighted by Crippen LogP contribution is 2.16. The molecule has 6 heteroatoms. The molecule has 3 heterocycles. The minimum absolute atomic E-state index is 0.0412. The van der Waals surface area contributed by atoms with Gasteiger partial charge in [0.25, 0.3) is 0 Å². The van der Waals surface area contributed by atoms with Gasteiger partial charge in [0.15, 0.2) is 0 Å². The van der Waals surface area contributed by atoms with Gasteiger partial charge in [-0.15, -0.1) is 0 Å². The van der Waals surface area contributed by atoms with Crippen LogP contribution in [0.15, 0.2) is 42.9 Å². The third kappa shape index (κ3) is 4.50. The van der Waals surface area contributed by atoms with Crippen molar-refractivity contribution in [3.8, 4) is 0 Å². The van der Waals surface area contributed by atoms with E-state index in [-0.39, 0.29) is 5.91 Å². The Hall–Kier alpha value is -2.47. The van der Waals surface area contributed by atoms with Gasteiger partial charge in [-0.05, 0) is 30.2 Å². The van der Waals surface area contributed by atoms with Crippen LogP contribution in [0.4, 0.5) is 11.5 Å². The van der Waals surface area contributed by atoms with Crippen LogP contribution < -0.4 is 10.2 Å². The van der Waals surface area contributed by atoms with Gasteiger partial charge in [0.05, 0.1) is 25.1 Å². The lowest BCUT2D eigenvalue weighted by molar-refractivity contribution is -0.116. The molecule has 2 aromatic heterocycles. The standard InChI is InChI=1S/C17H20N4O2/c22-17(6-3-14-2-1-7-18-12-14)20-16-5-4-15(13-19-16)21-8-10-23-11-9-21/h1-2,4-5,7,12-13H,3,6,8-11H2,(H,19,20,22). The fourth-order valence-corrected chi connectivity index (χ4v) is 2.48. The van der Waals surface area contributed by atoms with Gasteiger partial charge in [0.2, 0.25) is 5.91 Å². The summed E-state index contributed by atoms with van der Waals surface area (Å²) in [7, 11) is 0. The zero-order valence-electron chi connectivity index (χ0n) is 12.9. The third-order valence-corrected chi connectivity index (χ3v) is 3.76. The number of nitrogens with one attached hydrogen (secondary N) is 1. The van der Waals surface area contributed by atoms with Gasteiger partial charge in [-0.25, -0.2) is 4.98 Å². The number of morpholine rings is 1. The van der Waals surface area contributed by atoms with Crippen LogP contribution in [0.3, 0.4) is 0 Å². The second-order valence-corrected chi connectivity index (χ2v) is 5.41. The smallest absolute Gasteiger partial charge is 0.225 e. The highest BCUT2D eigenvalue weighted by Gasteiger charge is 2.11. The number of hydrogen-bond acceptors (Lipinski definition) is 5. The predicted octanol–water partition coefficient (Wildman–Crippen LogP) is 1.88. The van der Waals surface area contributed by atoms with Crippen molar-refractivity contribution in [1.29, 1.82) is 0 Å². The van der Waals surface area contributed by atoms with Crippen LogP contribution in [0, 0.1) is 0 Å². The van der Waals surface area contributed by atoms with Crippen LogP contribution in [0.25, 0.3) is 0 Å². The molecule has 0 spiro atoms. The zero-order valence-corrected chi connectivity index (χ0v) is 12.9. The average molecular weight is 312 g/mol. The van der Waals surface area contributed by atoms with Crippen molar-refractivity contribution in [3.05, 3.63) is 48.4 Å². The summed E-state index contributed by atoms with van der Waals surface area (Å²) < 4.78 is 5.34. The van der Waals surface area contributed by atoms with Gasteiger partial charge in [0.1, 0.15) is 5.82 Å². The van der Waals surface area contributed by atoms with Gasteiger partial charge in [0, 0.05) is 31.9 Å². The summed E-state index contributed by atoms with van der Waals surface area (Å²) >= 11 is 0. The fourth-order valence-electron chi connectivity index (χ4n) is 2.48. The van der Waals surface area contributed by atoms with Crippen molar-refractivity contribution in [2.24, 2.45) is 0 Å². The molecule has 2 aromatic rings. The molecule has 1 saturated heterocycles. The van der Waals surface area contributed by atoms with Crippen LogP contribution in [0.5, 0.6) is 0 Å². The quantitative estimate of drug-likeness (QED) is 0.913. The number of anilines is 2. The molecular weight excluding hydrogens is 292 g/mol. The van der Waals surface area contributed by atoms with Crippen molar-refractivity contribution in [2.75, 3.05) is 36.5 Å². The Labute approximate surface area is 135 Å². The lowest BCUT2D eigenvalue weighted by Crippen LogP contribution is -2.36. The summed E-state index contributed by atoms with van der Waals surface area (Å²) in [5.41, 5.74) is 2.11. The molecule has 0 bridgehead atoms. The highest BCUT2D eigenvalue weighted by molar-refractivity contribution is 5.89. The van der Waals surface area contributed by atoms with E-state index in [1.54, 1.807) is 18.6 Å². The summed E-state index contributed by atoms with van der Waals surface area (Å²) in [4.78, 5) is 22.6. The van der Waals surface area contributed by atoms with Crippen LogP contribution in [-0.4, -0.2) is 42.2 Å². The molecule has 1 N–H and O–H groups in total. The first-order valence-corrected chi connectivity index (χ1v) is 7.79. The third-order valence-electron chi connectivity index (χ3n) is 3.76. The lowest BCUT2D eigenvalue weighted by Gasteiger charge is -2.28. The van der Waals surface area contributed by atoms with Crippen LogP contribution in [0.2, 0.25) is 0 Å². The fraction of sp³-hybridized carbons (Fsp3) is 0.353. The number of ether oxygens (including phenoxy) is 1. The molecule has 3 rings (SSSR count). The Kier molecular flexibility index (Phi) is 5.16. The van der Waals surface area contributed by atoms with Gasteiger partial charge in [-0.3, -0.25) is 9.78 Å². The topological polar surface area (TPSA) is 67.4 Å². The summed E-state index contributed by atoms with van der Waals surface area (Å²) in [5, 5.41) is 2.83. The maximum absolute atomic E-state index is 12.0. The van der Waals surface area contributed by atoms with E-state index in [2.05, 4.69) is 20.2 Å². The van der Waals surface area contributed by atoms with E-state index in [4.69, 9.17) is 4.74 Å². The zero-order chi connectivity index (χ0) is 15.9. The highest BCUT2D eigenvalue weighted by atomic mass is 16.5. The van der Waals surface area contributed by atoms with Crippen molar-refractivity contribution in [2.45, 2.75) is 12.8 Å². The van der Waals surface area contributed by atoms with Crippen molar-refractivity contribution >= 4 is 17.4 Å². The van der Waals surface area contributed by atoms with Gasteiger partial charge in [-0.1, -0.05) is 6.07 Å². The first-order chi connectivity index (χ1) is 11.3. The number of hydrogen-bond donors (Lipinski definition) is 1. The number of pyridine rings is 2. The number of aryl methyl sites for hydroxylation is 1. The molecule has 0 aromatic carbocycles. The van der Waals surface area contributed by atoms with E-state index < -0.39 is 0 Å². The summed E-state index contributed by atoms with van der Waals surface area (Å²) in [6.07, 6.45) is 6.39. The number of rotatable bonds is 5. The number of carbonyl (C=O) groups excluding carboxylic acids is 1. The molecule has 1 amide bonds. The van der Waals surface area contributed by atoms with E-state index in [0.717, 1.165) is 37.6 Å². The minimum atomic E-state index is -0.0412. The average Bonchev–Trinajstić information content (AvgIpc) is 2.62. The number of aromatic nitrogens is 2. The van der Waals surface area contributed by atoms with Crippen LogP contribution in [0.1, 0.15) is 12.0 Å². The molecule has 1 fully saturated rings. The van der Waals surface area contributed by atoms with E-state index in [0.29, 0.717) is 18.7 Å². The first-order valence-electron chi connectivity index (χ1n) is 7.79. The Bertz CT molecular complexity index is 625. The van der Waals surface area contributed by atoms with E-state index in [9.17, 15) is 4.79 Å². The van der Waals surface area contributed by atoms with E-state index in [1.165, 1.54) is 0 Å². The Morgan fingerprint density at radius 3 is 2.78 bits per heavy atom. The van der Waals surface area contributed by atoms with Gasteiger partial charge in [-0.2, -0.15) is 0 Å². The molecule has 0 unspecified atom stereocenters. The SMILES string of the molecule is O=C(CCc1cccnc1)Nc1ccc(N2CCOCC2)cn1. The molecule has 0 radical (unpaired) electrons. The molecule has 0 atom stereocenters. The molecule has 0 saturated carbocycles. The van der Waals surface area contributed by atoms with E-state index >= 15 is 0 Å². The number of amides is 1. The Balaban J connectivity index is 1.50. The second-order valence-electron chi connectivity index (χ2n) is 5.41. The molecule has 1 aliphatic rings. The molecule has 6 nitrogen and oxygen atoms in total. The van der Waals surface area contributed by atoms with Crippen molar-refractivity contribution in [1.82, 2.24) is 9.97 Å². The predicted molar refractivity (Wildman–Crippen MR) is 88.5 cm³/mol.